The van der Waals surface area contributed by atoms with Crippen LogP contribution >= 0.6 is 0 Å². The zero-order valence-corrected chi connectivity index (χ0v) is 13.0. The van der Waals surface area contributed by atoms with Gasteiger partial charge in [0.25, 0.3) is 0 Å². The summed E-state index contributed by atoms with van der Waals surface area (Å²) in [4.78, 5) is 27.6. The summed E-state index contributed by atoms with van der Waals surface area (Å²) < 4.78 is 5.62. The molecule has 2 aliphatic rings. The van der Waals surface area contributed by atoms with E-state index in [2.05, 4.69) is 0 Å². The van der Waals surface area contributed by atoms with Crippen LogP contribution in [-0.2, 0) is 9.53 Å². The molecule has 0 radical (unpaired) electrons. The highest BCUT2D eigenvalue weighted by Gasteiger charge is 2.45. The maximum atomic E-state index is 12.6. The third-order valence-electron chi connectivity index (χ3n) is 4.81. The molecule has 2 heterocycles. The third-order valence-corrected chi connectivity index (χ3v) is 4.81. The van der Waals surface area contributed by atoms with Gasteiger partial charge in [-0.05, 0) is 32.6 Å². The van der Waals surface area contributed by atoms with Gasteiger partial charge in [-0.15, -0.1) is 0 Å². The van der Waals surface area contributed by atoms with Crippen LogP contribution in [0.3, 0.4) is 0 Å². The zero-order valence-electron chi connectivity index (χ0n) is 13.0. The molecule has 0 spiro atoms. The largest absolute Gasteiger partial charge is 0.481 e. The molecule has 2 unspecified atom stereocenters. The van der Waals surface area contributed by atoms with Gasteiger partial charge in [-0.25, -0.2) is 4.79 Å². The van der Waals surface area contributed by atoms with Crippen molar-refractivity contribution in [2.45, 2.75) is 45.6 Å². The molecule has 2 fully saturated rings. The van der Waals surface area contributed by atoms with Crippen LogP contribution in [-0.4, -0.2) is 65.8 Å². The molecule has 2 saturated heterocycles. The van der Waals surface area contributed by atoms with Crippen LogP contribution in [0.1, 0.15) is 39.5 Å². The first-order chi connectivity index (χ1) is 10.0. The number of carbonyl (C=O) groups excluding carboxylic acids is 1. The van der Waals surface area contributed by atoms with Crippen molar-refractivity contribution in [3.63, 3.8) is 0 Å². The number of amides is 2. The van der Waals surface area contributed by atoms with E-state index in [-0.39, 0.29) is 12.1 Å². The van der Waals surface area contributed by atoms with E-state index in [1.165, 1.54) is 0 Å². The number of likely N-dealkylation sites (tertiary alicyclic amines) is 2. The molecule has 0 bridgehead atoms. The SMILES string of the molecule is CCOC1CCCN(C(=O)N2CCC(CC)(C(=O)O)C2)C1. The quantitative estimate of drug-likeness (QED) is 0.859. The Balaban J connectivity index is 1.96. The Bertz CT molecular complexity index is 399. The number of nitrogens with zero attached hydrogens (tertiary/aromatic N) is 2. The van der Waals surface area contributed by atoms with E-state index >= 15 is 0 Å². The molecule has 1 N–H and O–H groups in total. The van der Waals surface area contributed by atoms with Gasteiger partial charge in [0, 0.05) is 32.8 Å². The number of carboxylic acid groups (broad SMARTS) is 1. The monoisotopic (exact) mass is 298 g/mol. The maximum absolute atomic E-state index is 12.6. The van der Waals surface area contributed by atoms with Crippen molar-refractivity contribution in [2.75, 3.05) is 32.8 Å². The minimum absolute atomic E-state index is 0.0315. The number of carbonyl (C=O) groups is 2. The third kappa shape index (κ3) is 3.31. The van der Waals surface area contributed by atoms with Gasteiger partial charge in [0.15, 0.2) is 0 Å². The van der Waals surface area contributed by atoms with E-state index in [1.807, 2.05) is 18.7 Å². The fourth-order valence-electron chi connectivity index (χ4n) is 3.33. The smallest absolute Gasteiger partial charge is 0.320 e. The zero-order chi connectivity index (χ0) is 15.5. The molecule has 0 aliphatic carbocycles. The standard InChI is InChI=1S/C15H26N2O4/c1-3-15(13(18)19)7-9-17(11-15)14(20)16-8-5-6-12(10-16)21-4-2/h12H,3-11H2,1-2H3,(H,18,19). The summed E-state index contributed by atoms with van der Waals surface area (Å²) in [5.41, 5.74) is -0.759. The molecule has 120 valence electrons. The van der Waals surface area contributed by atoms with Gasteiger partial charge in [-0.3, -0.25) is 4.79 Å². The predicted molar refractivity (Wildman–Crippen MR) is 78.2 cm³/mol. The number of aliphatic carboxylic acids is 1. The summed E-state index contributed by atoms with van der Waals surface area (Å²) in [5, 5.41) is 9.41. The molecule has 0 saturated carbocycles. The van der Waals surface area contributed by atoms with Gasteiger partial charge in [0.05, 0.1) is 11.5 Å². The Morgan fingerprint density at radius 1 is 1.29 bits per heavy atom. The molecule has 6 heteroatoms. The van der Waals surface area contributed by atoms with Crippen molar-refractivity contribution in [1.82, 2.24) is 9.80 Å². The van der Waals surface area contributed by atoms with E-state index in [1.54, 1.807) is 4.90 Å². The summed E-state index contributed by atoms with van der Waals surface area (Å²) in [6.07, 6.45) is 3.17. The molecule has 2 atom stereocenters. The maximum Gasteiger partial charge on any atom is 0.320 e. The van der Waals surface area contributed by atoms with Gasteiger partial charge in [-0.1, -0.05) is 6.92 Å². The lowest BCUT2D eigenvalue weighted by Crippen LogP contribution is -2.49. The van der Waals surface area contributed by atoms with Crippen LogP contribution in [0.15, 0.2) is 0 Å². The van der Waals surface area contributed by atoms with E-state index in [0.717, 1.165) is 19.4 Å². The van der Waals surface area contributed by atoms with Crippen molar-refractivity contribution in [3.05, 3.63) is 0 Å². The van der Waals surface area contributed by atoms with Gasteiger partial charge in [-0.2, -0.15) is 0 Å². The summed E-state index contributed by atoms with van der Waals surface area (Å²) in [6, 6.07) is -0.0315. The Kier molecular flexibility index (Phi) is 5.08. The minimum Gasteiger partial charge on any atom is -0.481 e. The normalized spacial score (nSPS) is 29.7. The highest BCUT2D eigenvalue weighted by Crippen LogP contribution is 2.34. The molecule has 0 aromatic carbocycles. The average Bonchev–Trinajstić information content (AvgIpc) is 2.93. The first-order valence-corrected chi connectivity index (χ1v) is 7.91. The highest BCUT2D eigenvalue weighted by atomic mass is 16.5. The highest BCUT2D eigenvalue weighted by molar-refractivity contribution is 5.79. The van der Waals surface area contributed by atoms with Crippen LogP contribution in [0.4, 0.5) is 4.79 Å². The van der Waals surface area contributed by atoms with Gasteiger partial charge in [0.2, 0.25) is 0 Å². The number of carboxylic acids is 1. The molecule has 0 aromatic heterocycles. The van der Waals surface area contributed by atoms with E-state index in [0.29, 0.717) is 39.1 Å². The van der Waals surface area contributed by atoms with Crippen molar-refractivity contribution < 1.29 is 19.4 Å². The molecular weight excluding hydrogens is 272 g/mol. The molecular formula is C15H26N2O4. The van der Waals surface area contributed by atoms with Crippen molar-refractivity contribution in [3.8, 4) is 0 Å². The van der Waals surface area contributed by atoms with E-state index in [9.17, 15) is 14.7 Å². The molecule has 2 amide bonds. The first kappa shape index (κ1) is 16.1. The van der Waals surface area contributed by atoms with Crippen molar-refractivity contribution >= 4 is 12.0 Å². The van der Waals surface area contributed by atoms with E-state index in [4.69, 9.17) is 4.74 Å². The lowest BCUT2D eigenvalue weighted by molar-refractivity contribution is -0.148. The number of urea groups is 1. The molecule has 21 heavy (non-hydrogen) atoms. The summed E-state index contributed by atoms with van der Waals surface area (Å²) in [7, 11) is 0. The molecule has 2 aliphatic heterocycles. The van der Waals surface area contributed by atoms with Crippen molar-refractivity contribution in [2.24, 2.45) is 5.41 Å². The van der Waals surface area contributed by atoms with Crippen LogP contribution in [0.5, 0.6) is 0 Å². The minimum atomic E-state index is -0.786. The van der Waals surface area contributed by atoms with Crippen LogP contribution in [0, 0.1) is 5.41 Å². The number of piperidine rings is 1. The fourth-order valence-corrected chi connectivity index (χ4v) is 3.33. The van der Waals surface area contributed by atoms with Gasteiger partial charge >= 0.3 is 12.0 Å². The Labute approximate surface area is 126 Å². The second-order valence-corrected chi connectivity index (χ2v) is 6.06. The first-order valence-electron chi connectivity index (χ1n) is 7.91. The fraction of sp³-hybridized carbons (Fsp3) is 0.867. The molecule has 0 aromatic rings. The van der Waals surface area contributed by atoms with Gasteiger partial charge in [0.1, 0.15) is 0 Å². The Hall–Kier alpha value is -1.30. The van der Waals surface area contributed by atoms with Crippen molar-refractivity contribution in [1.29, 1.82) is 0 Å². The van der Waals surface area contributed by atoms with E-state index < -0.39 is 11.4 Å². The predicted octanol–water partition coefficient (Wildman–Crippen LogP) is 1.79. The number of hydrogen-bond acceptors (Lipinski definition) is 3. The topological polar surface area (TPSA) is 70.1 Å². The Morgan fingerprint density at radius 3 is 2.62 bits per heavy atom. The Morgan fingerprint density at radius 2 is 2.05 bits per heavy atom. The molecule has 6 nitrogen and oxygen atoms in total. The van der Waals surface area contributed by atoms with Crippen LogP contribution < -0.4 is 0 Å². The number of rotatable bonds is 4. The lowest BCUT2D eigenvalue weighted by atomic mass is 9.84. The molecule has 2 rings (SSSR count). The summed E-state index contributed by atoms with van der Waals surface area (Å²) in [6.45, 7) is 6.73. The average molecular weight is 298 g/mol. The van der Waals surface area contributed by atoms with Gasteiger partial charge < -0.3 is 19.6 Å². The lowest BCUT2D eigenvalue weighted by Gasteiger charge is -2.35. The number of ether oxygens (including phenoxy) is 1. The van der Waals surface area contributed by atoms with Crippen LogP contribution in [0.2, 0.25) is 0 Å². The van der Waals surface area contributed by atoms with Crippen LogP contribution in [0.25, 0.3) is 0 Å². The summed E-state index contributed by atoms with van der Waals surface area (Å²) in [5.74, 6) is -0.786. The number of hydrogen-bond donors (Lipinski definition) is 1. The summed E-state index contributed by atoms with van der Waals surface area (Å²) >= 11 is 0. The second-order valence-electron chi connectivity index (χ2n) is 6.06. The second kappa shape index (κ2) is 6.64.